The van der Waals surface area contributed by atoms with Gasteiger partial charge in [0.15, 0.2) is 0 Å². The van der Waals surface area contributed by atoms with Crippen LogP contribution in [0.15, 0.2) is 23.0 Å². The van der Waals surface area contributed by atoms with E-state index in [0.29, 0.717) is 13.0 Å². The summed E-state index contributed by atoms with van der Waals surface area (Å²) in [5.41, 5.74) is 2.00. The van der Waals surface area contributed by atoms with Crippen molar-refractivity contribution < 1.29 is 19.1 Å². The van der Waals surface area contributed by atoms with Gasteiger partial charge >= 0.3 is 11.8 Å². The van der Waals surface area contributed by atoms with E-state index in [1.807, 2.05) is 39.0 Å². The van der Waals surface area contributed by atoms with Crippen molar-refractivity contribution in [2.45, 2.75) is 96.6 Å². The fraction of sp³-hybridized carbons (Fsp3) is 0.667. The smallest absolute Gasteiger partial charge is 0.407 e. The molecule has 1 atom stereocenters. The zero-order valence-electron chi connectivity index (χ0n) is 24.9. The van der Waals surface area contributed by atoms with E-state index in [-0.39, 0.29) is 24.1 Å². The van der Waals surface area contributed by atoms with Crippen molar-refractivity contribution in [1.29, 1.82) is 0 Å². The minimum atomic E-state index is -0.658. The number of nitrogens with zero attached hydrogens (tertiary/aromatic N) is 3. The monoisotopic (exact) mass is 557 g/mol. The Hall–Kier alpha value is -3.14. The second kappa shape index (κ2) is 14.5. The van der Waals surface area contributed by atoms with Crippen molar-refractivity contribution in [3.8, 4) is 0 Å². The van der Waals surface area contributed by atoms with Crippen molar-refractivity contribution >= 4 is 28.9 Å². The van der Waals surface area contributed by atoms with Crippen LogP contribution in [0, 0.1) is 0 Å². The van der Waals surface area contributed by atoms with Crippen molar-refractivity contribution in [3.05, 3.63) is 34.2 Å². The molecule has 1 aromatic carbocycles. The number of nitrogens with one attached hydrogen (secondary N) is 2. The SMILES string of the molecule is CN(CCCCCCCCNC(=O)OC(C)(C)C)CCCc1ccc2c(c1)n(C)c(=O)n2C1CCC(=O)NC1=O. The molecule has 2 aromatic rings. The van der Waals surface area contributed by atoms with Gasteiger partial charge in [-0.1, -0.05) is 31.7 Å². The molecule has 1 fully saturated rings. The molecule has 10 nitrogen and oxygen atoms in total. The molecule has 2 N–H and O–H groups in total. The number of hydrogen-bond acceptors (Lipinski definition) is 6. The number of piperidine rings is 1. The number of hydrogen-bond donors (Lipinski definition) is 2. The summed E-state index contributed by atoms with van der Waals surface area (Å²) in [4.78, 5) is 50.9. The molecule has 1 aliphatic heterocycles. The number of alkyl carbamates (subject to hydrolysis) is 1. The van der Waals surface area contributed by atoms with Crippen LogP contribution in [-0.2, 0) is 27.8 Å². The maximum atomic E-state index is 12.9. The lowest BCUT2D eigenvalue weighted by atomic mass is 10.1. The Morgan fingerprint density at radius 3 is 2.40 bits per heavy atom. The molecule has 3 amide bonds. The Morgan fingerprint density at radius 1 is 1.02 bits per heavy atom. The molecule has 0 spiro atoms. The quantitative estimate of drug-likeness (QED) is 0.268. The molecule has 2 heterocycles. The number of aromatic nitrogens is 2. The number of amides is 3. The Balaban J connectivity index is 1.33. The highest BCUT2D eigenvalue weighted by Crippen LogP contribution is 2.24. The van der Waals surface area contributed by atoms with Gasteiger partial charge in [-0.3, -0.25) is 24.0 Å². The van der Waals surface area contributed by atoms with Gasteiger partial charge in [-0.05, 0) is 90.7 Å². The third-order valence-electron chi connectivity index (χ3n) is 7.32. The summed E-state index contributed by atoms with van der Waals surface area (Å²) in [6.45, 7) is 8.33. The third-order valence-corrected chi connectivity index (χ3v) is 7.32. The summed E-state index contributed by atoms with van der Waals surface area (Å²) in [7, 11) is 3.89. The van der Waals surface area contributed by atoms with Gasteiger partial charge in [0.05, 0.1) is 11.0 Å². The summed E-state index contributed by atoms with van der Waals surface area (Å²) < 4.78 is 8.35. The fourth-order valence-corrected chi connectivity index (χ4v) is 5.18. The van der Waals surface area contributed by atoms with Crippen molar-refractivity contribution in [1.82, 2.24) is 24.7 Å². The Bertz CT molecular complexity index is 1230. The number of imide groups is 1. The molecule has 1 unspecified atom stereocenters. The van der Waals surface area contributed by atoms with E-state index in [2.05, 4.69) is 22.6 Å². The maximum Gasteiger partial charge on any atom is 0.407 e. The summed E-state index contributed by atoms with van der Waals surface area (Å²) in [5, 5.41) is 5.16. The van der Waals surface area contributed by atoms with Gasteiger partial charge < -0.3 is 15.0 Å². The number of rotatable bonds is 14. The average Bonchev–Trinajstić information content (AvgIpc) is 3.11. The molecular formula is C30H47N5O5. The molecule has 1 aliphatic rings. The van der Waals surface area contributed by atoms with Crippen LogP contribution in [0.5, 0.6) is 0 Å². The Kier molecular flexibility index (Phi) is 11.4. The number of fused-ring (bicyclic) bond motifs is 1. The highest BCUT2D eigenvalue weighted by Gasteiger charge is 2.31. The lowest BCUT2D eigenvalue weighted by Gasteiger charge is -2.21. The van der Waals surface area contributed by atoms with Gasteiger partial charge in [0.25, 0.3) is 0 Å². The number of imidazole rings is 1. The number of carbonyl (C=O) groups is 3. The number of benzene rings is 1. The second-order valence-electron chi connectivity index (χ2n) is 12.0. The van der Waals surface area contributed by atoms with Gasteiger partial charge in [0, 0.05) is 20.0 Å². The van der Waals surface area contributed by atoms with Crippen molar-refractivity contribution in [2.24, 2.45) is 7.05 Å². The first kappa shape index (κ1) is 31.4. The number of carbonyl (C=O) groups excluding carboxylic acids is 3. The number of unbranched alkanes of at least 4 members (excludes halogenated alkanes) is 5. The molecule has 0 aliphatic carbocycles. The highest BCUT2D eigenvalue weighted by atomic mass is 16.6. The first-order valence-corrected chi connectivity index (χ1v) is 14.6. The van der Waals surface area contributed by atoms with Crippen molar-refractivity contribution in [2.75, 3.05) is 26.7 Å². The molecule has 1 aromatic heterocycles. The van der Waals surface area contributed by atoms with Crippen LogP contribution in [0.4, 0.5) is 4.79 Å². The van der Waals surface area contributed by atoms with Gasteiger partial charge in [-0.15, -0.1) is 0 Å². The van der Waals surface area contributed by atoms with Crippen LogP contribution in [0.3, 0.4) is 0 Å². The Labute approximate surface area is 237 Å². The number of ether oxygens (including phenoxy) is 1. The maximum absolute atomic E-state index is 12.9. The lowest BCUT2D eigenvalue weighted by molar-refractivity contribution is -0.135. The van der Waals surface area contributed by atoms with Gasteiger partial charge in [-0.2, -0.15) is 0 Å². The van der Waals surface area contributed by atoms with E-state index in [1.54, 1.807) is 11.6 Å². The van der Waals surface area contributed by atoms with E-state index in [4.69, 9.17) is 4.74 Å². The van der Waals surface area contributed by atoms with Gasteiger partial charge in [-0.25, -0.2) is 9.59 Å². The molecule has 0 saturated carbocycles. The Morgan fingerprint density at radius 2 is 1.70 bits per heavy atom. The van der Waals surface area contributed by atoms with Crippen LogP contribution in [-0.4, -0.2) is 64.2 Å². The molecule has 0 bridgehead atoms. The first-order chi connectivity index (χ1) is 19.0. The predicted molar refractivity (Wildman–Crippen MR) is 156 cm³/mol. The van der Waals surface area contributed by atoms with Gasteiger partial charge in [0.2, 0.25) is 11.8 Å². The summed E-state index contributed by atoms with van der Waals surface area (Å²) in [6, 6.07) is 5.34. The fourth-order valence-electron chi connectivity index (χ4n) is 5.18. The van der Waals surface area contributed by atoms with Crippen LogP contribution >= 0.6 is 0 Å². The van der Waals surface area contributed by atoms with E-state index < -0.39 is 17.6 Å². The zero-order chi connectivity index (χ0) is 29.3. The molecular weight excluding hydrogens is 510 g/mol. The van der Waals surface area contributed by atoms with Crippen LogP contribution in [0.2, 0.25) is 0 Å². The van der Waals surface area contributed by atoms with E-state index >= 15 is 0 Å². The summed E-state index contributed by atoms with van der Waals surface area (Å²) in [6.07, 6.45) is 9.01. The zero-order valence-corrected chi connectivity index (χ0v) is 24.9. The van der Waals surface area contributed by atoms with E-state index in [1.165, 1.54) is 30.3 Å². The summed E-state index contributed by atoms with van der Waals surface area (Å²) >= 11 is 0. The molecule has 0 radical (unpaired) electrons. The minimum absolute atomic E-state index is 0.236. The molecule has 1 saturated heterocycles. The largest absolute Gasteiger partial charge is 0.444 e. The normalized spacial score (nSPS) is 16.0. The highest BCUT2D eigenvalue weighted by molar-refractivity contribution is 6.00. The summed E-state index contributed by atoms with van der Waals surface area (Å²) in [5.74, 6) is -0.700. The molecule has 40 heavy (non-hydrogen) atoms. The van der Waals surface area contributed by atoms with Gasteiger partial charge in [0.1, 0.15) is 11.6 Å². The standard InChI is InChI=1S/C30H47N5O5/c1-30(2,3)40-28(38)31-18-10-8-6-7-9-11-19-33(4)20-12-13-22-14-15-23-25(21-22)34(5)29(39)35(23)24-16-17-26(36)32-27(24)37/h14-15,21,24H,6-13,16-20H2,1-5H3,(H,31,38)(H,32,36,37). The molecule has 222 valence electrons. The third kappa shape index (κ3) is 9.21. The average molecular weight is 558 g/mol. The lowest BCUT2D eigenvalue weighted by Crippen LogP contribution is -2.44. The molecule has 10 heteroatoms. The van der Waals surface area contributed by atoms with E-state index in [9.17, 15) is 19.2 Å². The predicted octanol–water partition coefficient (Wildman–Crippen LogP) is 4.05. The number of aryl methyl sites for hydroxylation is 2. The van der Waals surface area contributed by atoms with Crippen LogP contribution in [0.1, 0.15) is 90.2 Å². The van der Waals surface area contributed by atoms with Crippen LogP contribution < -0.4 is 16.3 Å². The minimum Gasteiger partial charge on any atom is -0.444 e. The van der Waals surface area contributed by atoms with Crippen molar-refractivity contribution in [3.63, 3.8) is 0 Å². The second-order valence-corrected chi connectivity index (χ2v) is 12.0. The molecule has 3 rings (SSSR count). The topological polar surface area (TPSA) is 115 Å². The van der Waals surface area contributed by atoms with Crippen LogP contribution in [0.25, 0.3) is 11.0 Å². The first-order valence-electron chi connectivity index (χ1n) is 14.6. The van der Waals surface area contributed by atoms with E-state index in [0.717, 1.165) is 55.4 Å².